The highest BCUT2D eigenvalue weighted by Gasteiger charge is 2.14. The molecule has 25 heavy (non-hydrogen) atoms. The summed E-state index contributed by atoms with van der Waals surface area (Å²) in [6.45, 7) is 1.84. The lowest BCUT2D eigenvalue weighted by Crippen LogP contribution is -2.16. The topological polar surface area (TPSA) is 91.4 Å². The van der Waals surface area contributed by atoms with Crippen LogP contribution in [0.4, 0.5) is 5.69 Å². The molecule has 0 aliphatic rings. The molecule has 0 fully saturated rings. The molecular weight excluding hydrogens is 320 g/mol. The van der Waals surface area contributed by atoms with Crippen molar-refractivity contribution in [2.45, 2.75) is 13.3 Å². The van der Waals surface area contributed by atoms with Crippen LogP contribution >= 0.6 is 0 Å². The normalized spacial score (nSPS) is 10.6. The first-order valence-electron chi connectivity index (χ1n) is 7.75. The second kappa shape index (κ2) is 6.68. The maximum atomic E-state index is 12.4. The fourth-order valence-electron chi connectivity index (χ4n) is 2.75. The zero-order chi connectivity index (χ0) is 18.0. The number of hydrogen-bond donors (Lipinski definition) is 3. The van der Waals surface area contributed by atoms with Gasteiger partial charge in [-0.1, -0.05) is 6.07 Å². The minimum atomic E-state index is -1.08. The second-order valence-electron chi connectivity index (χ2n) is 5.80. The Bertz CT molecular complexity index is 959. The summed E-state index contributed by atoms with van der Waals surface area (Å²) in [6, 6.07) is 10.4. The molecule has 0 radical (unpaired) electrons. The number of fused-ring (bicyclic) bond motifs is 1. The number of carboxylic acid groups (broad SMARTS) is 1. The first kappa shape index (κ1) is 16.6. The summed E-state index contributed by atoms with van der Waals surface area (Å²) in [4.78, 5) is 26.8. The molecule has 0 spiro atoms. The van der Waals surface area contributed by atoms with E-state index in [0.717, 1.165) is 22.0 Å². The monoisotopic (exact) mass is 338 g/mol. The summed E-state index contributed by atoms with van der Waals surface area (Å²) in [5.74, 6) is -0.649. The molecule has 3 rings (SSSR count). The highest BCUT2D eigenvalue weighted by atomic mass is 16.5. The van der Waals surface area contributed by atoms with Gasteiger partial charge in [-0.15, -0.1) is 0 Å². The van der Waals surface area contributed by atoms with Crippen LogP contribution in [-0.2, 0) is 11.2 Å². The third-order valence-corrected chi connectivity index (χ3v) is 4.01. The number of carboxylic acids is 1. The number of nitrogens with one attached hydrogen (secondary N) is 2. The standard InChI is InChI=1S/C19H18N2O4/c1-11-3-5-14(19(23)24)17(7-11)21-18(22)8-12-10-20-16-6-4-13(25-2)9-15(12)16/h3-7,9-10,20H,8H2,1-2H3,(H,21,22)(H,23,24). The molecule has 0 atom stereocenters. The van der Waals surface area contributed by atoms with E-state index in [9.17, 15) is 14.7 Å². The van der Waals surface area contributed by atoms with Crippen LogP contribution in [0.5, 0.6) is 5.75 Å². The van der Waals surface area contributed by atoms with Crippen molar-refractivity contribution >= 4 is 28.5 Å². The van der Waals surface area contributed by atoms with Crippen LogP contribution in [0.3, 0.4) is 0 Å². The van der Waals surface area contributed by atoms with Gasteiger partial charge < -0.3 is 20.1 Å². The zero-order valence-corrected chi connectivity index (χ0v) is 13.9. The van der Waals surface area contributed by atoms with Crippen molar-refractivity contribution < 1.29 is 19.4 Å². The van der Waals surface area contributed by atoms with Crippen LogP contribution in [0.2, 0.25) is 0 Å². The molecule has 6 nitrogen and oxygen atoms in total. The van der Waals surface area contributed by atoms with Crippen LogP contribution in [0.1, 0.15) is 21.5 Å². The van der Waals surface area contributed by atoms with Gasteiger partial charge in [0.1, 0.15) is 5.75 Å². The quantitative estimate of drug-likeness (QED) is 0.665. The van der Waals surface area contributed by atoms with Gasteiger partial charge in [0, 0.05) is 17.1 Å². The number of methoxy groups -OCH3 is 1. The van der Waals surface area contributed by atoms with Crippen molar-refractivity contribution in [1.29, 1.82) is 0 Å². The zero-order valence-electron chi connectivity index (χ0n) is 13.9. The number of ether oxygens (including phenoxy) is 1. The van der Waals surface area contributed by atoms with E-state index >= 15 is 0 Å². The average Bonchev–Trinajstić information content (AvgIpc) is 2.96. The van der Waals surface area contributed by atoms with Gasteiger partial charge in [-0.25, -0.2) is 4.79 Å². The number of amides is 1. The molecule has 0 aliphatic heterocycles. The third-order valence-electron chi connectivity index (χ3n) is 4.01. The van der Waals surface area contributed by atoms with Gasteiger partial charge in [0.15, 0.2) is 0 Å². The molecule has 0 bridgehead atoms. The number of anilines is 1. The molecule has 0 unspecified atom stereocenters. The van der Waals surface area contributed by atoms with E-state index in [1.807, 2.05) is 25.1 Å². The van der Waals surface area contributed by atoms with Crippen LogP contribution < -0.4 is 10.1 Å². The number of carbonyl (C=O) groups excluding carboxylic acids is 1. The number of aromatic nitrogens is 1. The first-order valence-corrected chi connectivity index (χ1v) is 7.75. The lowest BCUT2D eigenvalue weighted by atomic mass is 10.1. The summed E-state index contributed by atoms with van der Waals surface area (Å²) in [5, 5.41) is 12.9. The number of rotatable bonds is 5. The molecule has 3 N–H and O–H groups in total. The van der Waals surface area contributed by atoms with Gasteiger partial charge in [0.2, 0.25) is 5.91 Å². The summed E-state index contributed by atoms with van der Waals surface area (Å²) >= 11 is 0. The minimum absolute atomic E-state index is 0.0690. The van der Waals surface area contributed by atoms with Gasteiger partial charge in [-0.05, 0) is 48.4 Å². The van der Waals surface area contributed by atoms with Crippen LogP contribution in [0.15, 0.2) is 42.6 Å². The Kier molecular flexibility index (Phi) is 4.43. The molecule has 3 aromatic rings. The van der Waals surface area contributed by atoms with Crippen LogP contribution in [-0.4, -0.2) is 29.1 Å². The predicted molar refractivity (Wildman–Crippen MR) is 95.3 cm³/mol. The highest BCUT2D eigenvalue weighted by Crippen LogP contribution is 2.24. The van der Waals surface area contributed by atoms with Gasteiger partial charge >= 0.3 is 5.97 Å². The molecule has 1 amide bonds. The molecule has 1 heterocycles. The molecule has 6 heteroatoms. The summed E-state index contributed by atoms with van der Waals surface area (Å²) in [7, 11) is 1.59. The van der Waals surface area contributed by atoms with Crippen molar-refractivity contribution in [2.75, 3.05) is 12.4 Å². The van der Waals surface area contributed by atoms with Gasteiger partial charge in [-0.3, -0.25) is 4.79 Å². The Balaban J connectivity index is 1.84. The van der Waals surface area contributed by atoms with Crippen molar-refractivity contribution in [1.82, 2.24) is 4.98 Å². The number of benzene rings is 2. The number of aromatic carboxylic acids is 1. The van der Waals surface area contributed by atoms with E-state index in [-0.39, 0.29) is 17.9 Å². The number of aryl methyl sites for hydroxylation is 1. The predicted octanol–water partition coefficient (Wildman–Crippen LogP) is 3.36. The van der Waals surface area contributed by atoms with E-state index in [0.29, 0.717) is 11.4 Å². The fraction of sp³-hybridized carbons (Fsp3) is 0.158. The maximum absolute atomic E-state index is 12.4. The Morgan fingerprint density at radius 3 is 2.72 bits per heavy atom. The van der Waals surface area contributed by atoms with E-state index < -0.39 is 5.97 Å². The maximum Gasteiger partial charge on any atom is 0.337 e. The Labute approximate surface area is 144 Å². The van der Waals surface area contributed by atoms with Crippen molar-refractivity contribution in [3.8, 4) is 5.75 Å². The number of carbonyl (C=O) groups is 2. The van der Waals surface area contributed by atoms with Crippen molar-refractivity contribution in [3.05, 3.63) is 59.3 Å². The lowest BCUT2D eigenvalue weighted by molar-refractivity contribution is -0.115. The summed E-state index contributed by atoms with van der Waals surface area (Å²) < 4.78 is 5.22. The van der Waals surface area contributed by atoms with E-state index in [1.54, 1.807) is 25.4 Å². The molecule has 0 saturated heterocycles. The van der Waals surface area contributed by atoms with E-state index in [1.165, 1.54) is 6.07 Å². The van der Waals surface area contributed by atoms with Crippen molar-refractivity contribution in [2.24, 2.45) is 0 Å². The third kappa shape index (κ3) is 3.47. The average molecular weight is 338 g/mol. The molecule has 2 aromatic carbocycles. The molecule has 128 valence electrons. The minimum Gasteiger partial charge on any atom is -0.497 e. The van der Waals surface area contributed by atoms with Crippen LogP contribution in [0.25, 0.3) is 10.9 Å². The molecule has 1 aromatic heterocycles. The van der Waals surface area contributed by atoms with Crippen molar-refractivity contribution in [3.63, 3.8) is 0 Å². The van der Waals surface area contributed by atoms with E-state index in [4.69, 9.17) is 4.74 Å². The smallest absolute Gasteiger partial charge is 0.337 e. The number of hydrogen-bond acceptors (Lipinski definition) is 3. The fourth-order valence-corrected chi connectivity index (χ4v) is 2.75. The Morgan fingerprint density at radius 1 is 1.20 bits per heavy atom. The summed E-state index contributed by atoms with van der Waals surface area (Å²) in [5.41, 5.74) is 2.97. The first-order chi connectivity index (χ1) is 12.0. The SMILES string of the molecule is COc1ccc2[nH]cc(CC(=O)Nc3cc(C)ccc3C(=O)O)c2c1. The largest absolute Gasteiger partial charge is 0.497 e. The molecule has 0 saturated carbocycles. The molecule has 0 aliphatic carbocycles. The van der Waals surface area contributed by atoms with E-state index in [2.05, 4.69) is 10.3 Å². The highest BCUT2D eigenvalue weighted by molar-refractivity contribution is 6.02. The second-order valence-corrected chi connectivity index (χ2v) is 5.80. The van der Waals surface area contributed by atoms with Gasteiger partial charge in [0.25, 0.3) is 0 Å². The Morgan fingerprint density at radius 2 is 2.00 bits per heavy atom. The van der Waals surface area contributed by atoms with Crippen LogP contribution in [0, 0.1) is 6.92 Å². The Hall–Kier alpha value is -3.28. The molecular formula is C19H18N2O4. The number of aromatic amines is 1. The van der Waals surface area contributed by atoms with Gasteiger partial charge in [0.05, 0.1) is 24.8 Å². The summed E-state index contributed by atoms with van der Waals surface area (Å²) in [6.07, 6.45) is 1.90. The number of H-pyrrole nitrogens is 1. The lowest BCUT2D eigenvalue weighted by Gasteiger charge is -2.09. The van der Waals surface area contributed by atoms with Gasteiger partial charge in [-0.2, -0.15) is 0 Å².